The van der Waals surface area contributed by atoms with Crippen molar-refractivity contribution < 1.29 is 4.42 Å². The molecular weight excluding hydrogens is 651 g/mol. The second kappa shape index (κ2) is 10.9. The Balaban J connectivity index is 1.17. The van der Waals surface area contributed by atoms with Gasteiger partial charge in [0.25, 0.3) is 0 Å². The molecule has 0 fully saturated rings. The highest BCUT2D eigenvalue weighted by atomic mass is 32.1. The van der Waals surface area contributed by atoms with Crippen LogP contribution in [0.5, 0.6) is 0 Å². The maximum absolute atomic E-state index is 6.97. The van der Waals surface area contributed by atoms with Gasteiger partial charge >= 0.3 is 0 Å². The molecule has 246 valence electrons. The zero-order valence-electron chi connectivity index (χ0n) is 28.9. The summed E-state index contributed by atoms with van der Waals surface area (Å²) in [5.41, 5.74) is 12.7. The summed E-state index contributed by atoms with van der Waals surface area (Å²) in [5.74, 6) is 0. The third kappa shape index (κ3) is 4.17. The SMILES string of the molecule is CC1(C)c2ccccc2-c2cc(N(c3cccc(-c4cccc5c4sc4ccccc45)c3)c3cccc4c3oc3c5ccccc5ccc43)ccc21. The first-order valence-corrected chi connectivity index (χ1v) is 18.7. The van der Waals surface area contributed by atoms with Crippen LogP contribution in [0.3, 0.4) is 0 Å². The van der Waals surface area contributed by atoms with Crippen LogP contribution in [0.2, 0.25) is 0 Å². The van der Waals surface area contributed by atoms with Crippen molar-refractivity contribution in [3.05, 3.63) is 175 Å². The van der Waals surface area contributed by atoms with E-state index in [-0.39, 0.29) is 5.41 Å². The molecule has 0 unspecified atom stereocenters. The van der Waals surface area contributed by atoms with Gasteiger partial charge in [-0.25, -0.2) is 0 Å². The first kappa shape index (κ1) is 29.6. The number of nitrogens with zero attached hydrogens (tertiary/aromatic N) is 1. The summed E-state index contributed by atoms with van der Waals surface area (Å²) < 4.78 is 9.60. The number of thiophene rings is 1. The lowest BCUT2D eigenvalue weighted by Gasteiger charge is -2.27. The molecule has 11 rings (SSSR count). The average Bonchev–Trinajstić information content (AvgIpc) is 3.84. The highest BCUT2D eigenvalue weighted by Gasteiger charge is 2.35. The molecule has 2 aromatic heterocycles. The van der Waals surface area contributed by atoms with Crippen LogP contribution in [0.1, 0.15) is 25.0 Å². The maximum atomic E-state index is 6.97. The molecular formula is C49H33NOS. The number of anilines is 3. The molecule has 10 aromatic rings. The number of hydrogen-bond donors (Lipinski definition) is 0. The van der Waals surface area contributed by atoms with Gasteiger partial charge in [0.2, 0.25) is 0 Å². The van der Waals surface area contributed by atoms with Crippen LogP contribution >= 0.6 is 11.3 Å². The Hall–Kier alpha value is -6.16. The molecule has 0 bridgehead atoms. The minimum absolute atomic E-state index is 0.0715. The van der Waals surface area contributed by atoms with Gasteiger partial charge in [0.05, 0.1) is 5.69 Å². The molecule has 1 aliphatic carbocycles. The minimum atomic E-state index is -0.0715. The van der Waals surface area contributed by atoms with Gasteiger partial charge in [0.1, 0.15) is 5.58 Å². The summed E-state index contributed by atoms with van der Waals surface area (Å²) in [5, 5.41) is 7.17. The van der Waals surface area contributed by atoms with E-state index in [1.807, 2.05) is 11.3 Å². The molecule has 0 N–H and O–H groups in total. The van der Waals surface area contributed by atoms with E-state index >= 15 is 0 Å². The van der Waals surface area contributed by atoms with Gasteiger partial charge in [-0.3, -0.25) is 0 Å². The number of furan rings is 1. The lowest BCUT2D eigenvalue weighted by atomic mass is 9.82. The number of benzene rings is 8. The van der Waals surface area contributed by atoms with Crippen molar-refractivity contribution in [3.63, 3.8) is 0 Å². The van der Waals surface area contributed by atoms with Crippen molar-refractivity contribution in [2.45, 2.75) is 19.3 Å². The maximum Gasteiger partial charge on any atom is 0.159 e. The Morgan fingerprint density at radius 2 is 1.17 bits per heavy atom. The Morgan fingerprint density at radius 3 is 2.12 bits per heavy atom. The molecule has 2 nitrogen and oxygen atoms in total. The quantitative estimate of drug-likeness (QED) is 0.184. The first-order chi connectivity index (χ1) is 25.5. The fourth-order valence-corrected chi connectivity index (χ4v) is 9.99. The first-order valence-electron chi connectivity index (χ1n) is 17.9. The fourth-order valence-electron chi connectivity index (χ4n) is 8.75. The van der Waals surface area contributed by atoms with Crippen LogP contribution < -0.4 is 4.90 Å². The lowest BCUT2D eigenvalue weighted by molar-refractivity contribution is 0.660. The van der Waals surface area contributed by atoms with Gasteiger partial charge in [-0.15, -0.1) is 11.3 Å². The van der Waals surface area contributed by atoms with Crippen LogP contribution in [0, 0.1) is 0 Å². The standard InChI is InChI=1S/C49H33NOS/c1-49(2)42-21-7-5-16-36(42)41-29-33(25-27-43(41)49)50(44-22-11-19-38-39-26-24-30-12-3-4-15-34(30)46(39)51-47(38)44)32-14-9-13-31(28-32)35-18-10-20-40-37-17-6-8-23-45(37)52-48(35)40/h3-29H,1-2H3. The summed E-state index contributed by atoms with van der Waals surface area (Å²) >= 11 is 1.87. The third-order valence-corrected chi connectivity index (χ3v) is 12.5. The van der Waals surface area contributed by atoms with Crippen molar-refractivity contribution in [3.8, 4) is 22.3 Å². The summed E-state index contributed by atoms with van der Waals surface area (Å²) in [6.45, 7) is 4.68. The summed E-state index contributed by atoms with van der Waals surface area (Å²) in [4.78, 5) is 2.40. The van der Waals surface area contributed by atoms with Gasteiger partial charge in [0, 0.05) is 53.1 Å². The summed E-state index contributed by atoms with van der Waals surface area (Å²) in [6, 6.07) is 59.8. The average molecular weight is 684 g/mol. The van der Waals surface area contributed by atoms with Crippen molar-refractivity contribution in [2.24, 2.45) is 0 Å². The topological polar surface area (TPSA) is 16.4 Å². The van der Waals surface area contributed by atoms with Crippen molar-refractivity contribution in [2.75, 3.05) is 4.90 Å². The highest BCUT2D eigenvalue weighted by Crippen LogP contribution is 2.52. The fraction of sp³-hybridized carbons (Fsp3) is 0.0612. The monoisotopic (exact) mass is 683 g/mol. The molecule has 3 heteroatoms. The van der Waals surface area contributed by atoms with Gasteiger partial charge in [-0.1, -0.05) is 135 Å². The van der Waals surface area contributed by atoms with Gasteiger partial charge < -0.3 is 9.32 Å². The van der Waals surface area contributed by atoms with Gasteiger partial charge in [-0.05, 0) is 81.2 Å². The second-order valence-electron chi connectivity index (χ2n) is 14.5. The van der Waals surface area contributed by atoms with E-state index < -0.39 is 0 Å². The van der Waals surface area contributed by atoms with E-state index in [4.69, 9.17) is 4.42 Å². The van der Waals surface area contributed by atoms with E-state index in [0.717, 1.165) is 44.4 Å². The van der Waals surface area contributed by atoms with E-state index in [9.17, 15) is 0 Å². The van der Waals surface area contributed by atoms with Crippen molar-refractivity contribution in [1.82, 2.24) is 0 Å². The van der Waals surface area contributed by atoms with Crippen LogP contribution in [0.4, 0.5) is 17.1 Å². The zero-order chi connectivity index (χ0) is 34.6. The molecule has 0 saturated heterocycles. The van der Waals surface area contributed by atoms with Crippen LogP contribution in [-0.4, -0.2) is 0 Å². The minimum Gasteiger partial charge on any atom is -0.453 e. The Labute approximate surface area is 305 Å². The highest BCUT2D eigenvalue weighted by molar-refractivity contribution is 7.26. The van der Waals surface area contributed by atoms with Gasteiger partial charge in [-0.2, -0.15) is 0 Å². The predicted molar refractivity (Wildman–Crippen MR) is 222 cm³/mol. The zero-order valence-corrected chi connectivity index (χ0v) is 29.7. The molecule has 52 heavy (non-hydrogen) atoms. The Bertz CT molecular complexity index is 3070. The number of fused-ring (bicyclic) bond motifs is 11. The van der Waals surface area contributed by atoms with Crippen LogP contribution in [0.25, 0.3) is 75.1 Å². The van der Waals surface area contributed by atoms with E-state index in [0.29, 0.717) is 0 Å². The molecule has 2 heterocycles. The summed E-state index contributed by atoms with van der Waals surface area (Å²) in [7, 11) is 0. The molecule has 1 aliphatic rings. The summed E-state index contributed by atoms with van der Waals surface area (Å²) in [6.07, 6.45) is 0. The molecule has 0 amide bonds. The predicted octanol–water partition coefficient (Wildman–Crippen LogP) is 14.6. The third-order valence-electron chi connectivity index (χ3n) is 11.3. The molecule has 0 saturated carbocycles. The largest absolute Gasteiger partial charge is 0.453 e. The molecule has 0 aliphatic heterocycles. The smallest absolute Gasteiger partial charge is 0.159 e. The lowest BCUT2D eigenvalue weighted by Crippen LogP contribution is -2.15. The Morgan fingerprint density at radius 1 is 0.481 bits per heavy atom. The number of para-hydroxylation sites is 1. The molecule has 0 spiro atoms. The normalized spacial score (nSPS) is 13.3. The molecule has 0 atom stereocenters. The van der Waals surface area contributed by atoms with E-state index in [2.05, 4.69) is 183 Å². The van der Waals surface area contributed by atoms with Crippen molar-refractivity contribution in [1.29, 1.82) is 0 Å². The van der Waals surface area contributed by atoms with Crippen LogP contribution in [0.15, 0.2) is 168 Å². The Kier molecular flexibility index (Phi) is 6.21. The van der Waals surface area contributed by atoms with Crippen molar-refractivity contribution >= 4 is 81.3 Å². The van der Waals surface area contributed by atoms with E-state index in [1.54, 1.807) is 0 Å². The number of rotatable bonds is 4. The molecule has 8 aromatic carbocycles. The van der Waals surface area contributed by atoms with E-state index in [1.165, 1.54) is 58.9 Å². The second-order valence-corrected chi connectivity index (χ2v) is 15.5. The van der Waals surface area contributed by atoms with Crippen LogP contribution in [-0.2, 0) is 5.41 Å². The number of hydrogen-bond acceptors (Lipinski definition) is 3. The van der Waals surface area contributed by atoms with Gasteiger partial charge in [0.15, 0.2) is 5.58 Å². The molecule has 0 radical (unpaired) electrons.